The highest BCUT2D eigenvalue weighted by molar-refractivity contribution is 6.31. The number of carbonyl (C=O) groups excluding carboxylic acids is 1. The molecule has 0 radical (unpaired) electrons. The monoisotopic (exact) mass is 809 g/mol. The molecule has 1 fully saturated rings. The third kappa shape index (κ3) is 8.08. The van der Waals surface area contributed by atoms with E-state index in [1.165, 1.54) is 0 Å². The number of benzene rings is 3. The average molecular weight is 810 g/mol. The molecule has 5 aromatic rings. The maximum absolute atomic E-state index is 14.2. The lowest BCUT2D eigenvalue weighted by molar-refractivity contribution is -0.151. The molecule has 0 bridgehead atoms. The van der Waals surface area contributed by atoms with Crippen molar-refractivity contribution in [2.24, 2.45) is 0 Å². The van der Waals surface area contributed by atoms with Crippen LogP contribution in [0.3, 0.4) is 0 Å². The number of carbonyl (C=O) groups is 1. The Balaban J connectivity index is 1.19. The van der Waals surface area contributed by atoms with E-state index in [9.17, 15) is 18.0 Å². The second-order valence-electron chi connectivity index (χ2n) is 14.0. The van der Waals surface area contributed by atoms with E-state index < -0.39 is 23.9 Å². The van der Waals surface area contributed by atoms with Crippen LogP contribution in [-0.2, 0) is 35.2 Å². The molecule has 1 saturated heterocycles. The van der Waals surface area contributed by atoms with E-state index in [0.29, 0.717) is 76.6 Å². The normalized spacial score (nSPS) is 18.3. The zero-order valence-electron chi connectivity index (χ0n) is 32.4. The lowest BCUT2D eigenvalue weighted by Crippen LogP contribution is -2.55. The highest BCUT2D eigenvalue weighted by Gasteiger charge is 2.40. The molecule has 0 N–H and O–H groups in total. The Bertz CT molecular complexity index is 2210. The van der Waals surface area contributed by atoms with E-state index in [1.807, 2.05) is 53.1 Å². The molecule has 1 amide bonds. The average Bonchev–Trinajstić information content (AvgIpc) is 3.64. The predicted octanol–water partition coefficient (Wildman–Crippen LogP) is 7.88. The van der Waals surface area contributed by atoms with E-state index in [1.54, 1.807) is 52.7 Å². The summed E-state index contributed by atoms with van der Waals surface area (Å²) in [4.78, 5) is 29.2. The minimum Gasteiger partial charge on any atom is -0.497 e. The van der Waals surface area contributed by atoms with Gasteiger partial charge in [-0.3, -0.25) is 9.78 Å². The molecule has 2 aromatic heterocycles. The van der Waals surface area contributed by atoms with Crippen molar-refractivity contribution in [2.75, 3.05) is 57.9 Å². The number of alkyl halides is 3. The minimum absolute atomic E-state index is 0.0202. The number of nitrogens with zero attached hydrogens (tertiary/aromatic N) is 5. The topological polar surface area (TPSA) is 112 Å². The van der Waals surface area contributed by atoms with Crippen molar-refractivity contribution in [3.05, 3.63) is 93.8 Å². The first kappa shape index (κ1) is 39.8. The van der Waals surface area contributed by atoms with E-state index in [-0.39, 0.29) is 36.5 Å². The standard InChI is InChI=1S/C41H43ClF3N5O7/c1-23-19-48(22-36(56-23)39(51)50-12-11-25-13-28(41(43,44)45)14-31(42)37(25)24(50)2)33-18-46-17-32-38(33)57-40(47-32)49(20-26-7-9-29(52-3)15-34(26)54-5)21-27-8-10-30(53-4)16-35(27)55-6/h7-10,13-18,23-24,36H,11-12,19-22H2,1-6H3/t23-,24+,36-/m1/s1. The molecule has 2 aliphatic rings. The summed E-state index contributed by atoms with van der Waals surface area (Å²) in [6.45, 7) is 5.14. The Morgan fingerprint density at radius 3 is 2.16 bits per heavy atom. The van der Waals surface area contributed by atoms with Crippen LogP contribution in [0.5, 0.6) is 23.0 Å². The van der Waals surface area contributed by atoms with Crippen LogP contribution in [0.25, 0.3) is 11.1 Å². The van der Waals surface area contributed by atoms with Gasteiger partial charge in [-0.05, 0) is 67.8 Å². The van der Waals surface area contributed by atoms with Crippen molar-refractivity contribution in [3.63, 3.8) is 0 Å². The largest absolute Gasteiger partial charge is 0.497 e. The summed E-state index contributed by atoms with van der Waals surface area (Å²) >= 11 is 6.43. The summed E-state index contributed by atoms with van der Waals surface area (Å²) in [6, 6.07) is 13.0. The van der Waals surface area contributed by atoms with Crippen molar-refractivity contribution in [2.45, 2.75) is 57.8 Å². The fraction of sp³-hybridized carbons (Fsp3) is 0.390. The Hall–Kier alpha value is -5.41. The number of morpholine rings is 1. The van der Waals surface area contributed by atoms with Gasteiger partial charge in [0, 0.05) is 41.4 Å². The van der Waals surface area contributed by atoms with Gasteiger partial charge >= 0.3 is 6.18 Å². The number of anilines is 2. The van der Waals surface area contributed by atoms with Gasteiger partial charge in [-0.25, -0.2) is 0 Å². The number of methoxy groups -OCH3 is 4. The smallest absolute Gasteiger partial charge is 0.416 e. The second kappa shape index (κ2) is 16.2. The molecule has 7 rings (SSSR count). The Labute approximate surface area is 333 Å². The second-order valence-corrected chi connectivity index (χ2v) is 14.4. The van der Waals surface area contributed by atoms with Crippen LogP contribution in [0.4, 0.5) is 24.9 Å². The highest BCUT2D eigenvalue weighted by atomic mass is 35.5. The quantitative estimate of drug-likeness (QED) is 0.130. The Kier molecular flexibility index (Phi) is 11.3. The van der Waals surface area contributed by atoms with Crippen molar-refractivity contribution >= 4 is 40.3 Å². The number of fused-ring (bicyclic) bond motifs is 2. The first-order valence-corrected chi connectivity index (χ1v) is 18.7. The summed E-state index contributed by atoms with van der Waals surface area (Å²) in [5.74, 6) is 2.26. The van der Waals surface area contributed by atoms with Gasteiger partial charge in [0.15, 0.2) is 11.7 Å². The summed E-state index contributed by atoms with van der Waals surface area (Å²) in [5, 5.41) is -0.0202. The van der Waals surface area contributed by atoms with Gasteiger partial charge in [-0.15, -0.1) is 0 Å². The van der Waals surface area contributed by atoms with Gasteiger partial charge in [0.05, 0.1) is 78.2 Å². The molecule has 3 atom stereocenters. The van der Waals surface area contributed by atoms with Gasteiger partial charge in [-0.2, -0.15) is 18.2 Å². The molecule has 57 heavy (non-hydrogen) atoms. The molecule has 0 unspecified atom stereocenters. The molecule has 16 heteroatoms. The van der Waals surface area contributed by atoms with Crippen molar-refractivity contribution in [3.8, 4) is 23.0 Å². The van der Waals surface area contributed by atoms with Crippen LogP contribution >= 0.6 is 11.6 Å². The van der Waals surface area contributed by atoms with Crippen molar-refractivity contribution < 1.29 is 46.1 Å². The highest BCUT2D eigenvalue weighted by Crippen LogP contribution is 2.41. The van der Waals surface area contributed by atoms with Crippen LogP contribution in [0.2, 0.25) is 5.02 Å². The molecular formula is C41H43ClF3N5O7. The minimum atomic E-state index is -4.53. The summed E-state index contributed by atoms with van der Waals surface area (Å²) in [7, 11) is 6.38. The SMILES string of the molecule is COc1ccc(CN(Cc2ccc(OC)cc2OC)c2nc3cncc(N4C[C@@H](C)O[C@@H](C(=O)N5CCc6cc(C(F)(F)F)cc(Cl)c6[C@@H]5C)C4)c3o2)c(OC)c1. The van der Waals surface area contributed by atoms with Crippen LogP contribution in [-0.4, -0.2) is 81.1 Å². The Morgan fingerprint density at radius 1 is 0.912 bits per heavy atom. The fourth-order valence-corrected chi connectivity index (χ4v) is 8.03. The molecule has 3 aromatic carbocycles. The number of amides is 1. The van der Waals surface area contributed by atoms with Crippen molar-refractivity contribution in [1.29, 1.82) is 0 Å². The van der Waals surface area contributed by atoms with Crippen LogP contribution < -0.4 is 28.7 Å². The lowest BCUT2D eigenvalue weighted by Gasteiger charge is -2.42. The van der Waals surface area contributed by atoms with Crippen LogP contribution in [0.1, 0.15) is 47.7 Å². The number of ether oxygens (including phenoxy) is 5. The molecule has 0 saturated carbocycles. The summed E-state index contributed by atoms with van der Waals surface area (Å²) < 4.78 is 75.8. The number of hydrogen-bond acceptors (Lipinski definition) is 11. The van der Waals surface area contributed by atoms with Gasteiger partial charge in [0.1, 0.15) is 34.2 Å². The van der Waals surface area contributed by atoms with E-state index in [4.69, 9.17) is 44.7 Å². The predicted molar refractivity (Wildman–Crippen MR) is 208 cm³/mol. The number of hydrogen-bond donors (Lipinski definition) is 0. The number of pyridine rings is 1. The van der Waals surface area contributed by atoms with Gasteiger partial charge in [0.2, 0.25) is 0 Å². The maximum Gasteiger partial charge on any atom is 0.416 e. The van der Waals surface area contributed by atoms with Gasteiger partial charge in [0.25, 0.3) is 11.9 Å². The first-order chi connectivity index (χ1) is 27.3. The number of oxazole rings is 1. The third-order valence-corrected chi connectivity index (χ3v) is 10.8. The molecule has 302 valence electrons. The third-order valence-electron chi connectivity index (χ3n) is 10.5. The molecule has 2 aliphatic heterocycles. The number of rotatable bonds is 11. The van der Waals surface area contributed by atoms with Gasteiger partial charge < -0.3 is 42.8 Å². The molecule has 0 spiro atoms. The summed E-state index contributed by atoms with van der Waals surface area (Å²) in [5.41, 5.74) is 3.50. The van der Waals surface area contributed by atoms with Gasteiger partial charge in [-0.1, -0.05) is 11.6 Å². The van der Waals surface area contributed by atoms with Crippen LogP contribution in [0.15, 0.2) is 65.3 Å². The van der Waals surface area contributed by atoms with E-state index in [0.717, 1.165) is 23.3 Å². The van der Waals surface area contributed by atoms with Crippen LogP contribution in [0, 0.1) is 0 Å². The van der Waals surface area contributed by atoms with Crippen molar-refractivity contribution in [1.82, 2.24) is 14.9 Å². The zero-order chi connectivity index (χ0) is 40.6. The molecular weight excluding hydrogens is 767 g/mol. The van der Waals surface area contributed by atoms with E-state index in [2.05, 4.69) is 4.98 Å². The molecule has 4 heterocycles. The number of aromatic nitrogens is 2. The fourth-order valence-electron chi connectivity index (χ4n) is 7.63. The number of halogens is 4. The molecule has 0 aliphatic carbocycles. The zero-order valence-corrected chi connectivity index (χ0v) is 33.1. The summed E-state index contributed by atoms with van der Waals surface area (Å²) in [6.07, 6.45) is -2.25. The lowest BCUT2D eigenvalue weighted by atomic mass is 9.91. The first-order valence-electron chi connectivity index (χ1n) is 18.3. The Morgan fingerprint density at radius 2 is 1.56 bits per heavy atom. The maximum atomic E-state index is 14.2. The molecule has 12 nitrogen and oxygen atoms in total. The van der Waals surface area contributed by atoms with E-state index >= 15 is 0 Å².